The van der Waals surface area contributed by atoms with Gasteiger partial charge in [-0.1, -0.05) is 11.6 Å². The van der Waals surface area contributed by atoms with Gasteiger partial charge in [0.25, 0.3) is 0 Å². The fraction of sp³-hybridized carbons (Fsp3) is 0.214. The van der Waals surface area contributed by atoms with Crippen molar-refractivity contribution in [2.24, 2.45) is 0 Å². The van der Waals surface area contributed by atoms with Crippen LogP contribution < -0.4 is 0 Å². The molecule has 2 aromatic heterocycles. The van der Waals surface area contributed by atoms with Gasteiger partial charge >= 0.3 is 0 Å². The summed E-state index contributed by atoms with van der Waals surface area (Å²) in [7, 11) is 0. The Morgan fingerprint density at radius 2 is 2.14 bits per heavy atom. The van der Waals surface area contributed by atoms with Crippen LogP contribution in [0.4, 0.5) is 0 Å². The van der Waals surface area contributed by atoms with E-state index in [0.29, 0.717) is 35.7 Å². The Bertz CT molecular complexity index is 720. The first-order valence-corrected chi connectivity index (χ1v) is 6.82. The standard InChI is InChI=1S/C14H11ClN4O2/c15-10-2-1-3-11(20)13(10)14(21)9-4-5-12(17-6-9)19-8-16-7-18-19/h4-8H,1-3H2. The third kappa shape index (κ3) is 2.62. The van der Waals surface area contributed by atoms with Crippen molar-refractivity contribution in [1.29, 1.82) is 0 Å². The molecule has 7 heteroatoms. The van der Waals surface area contributed by atoms with Crippen LogP contribution in [-0.4, -0.2) is 31.3 Å². The van der Waals surface area contributed by atoms with Crippen LogP contribution in [0.5, 0.6) is 0 Å². The predicted molar refractivity (Wildman–Crippen MR) is 75.2 cm³/mol. The van der Waals surface area contributed by atoms with Gasteiger partial charge < -0.3 is 0 Å². The first-order chi connectivity index (χ1) is 10.2. The molecule has 0 spiro atoms. The Kier molecular flexibility index (Phi) is 3.62. The number of Topliss-reactive ketones (excluding diaryl/α,β-unsaturated/α-hetero) is 2. The highest BCUT2D eigenvalue weighted by Gasteiger charge is 2.26. The zero-order valence-corrected chi connectivity index (χ0v) is 11.7. The molecule has 2 aromatic rings. The van der Waals surface area contributed by atoms with E-state index in [9.17, 15) is 9.59 Å². The van der Waals surface area contributed by atoms with Gasteiger partial charge in [-0.2, -0.15) is 5.10 Å². The first-order valence-electron chi connectivity index (χ1n) is 6.44. The molecule has 0 saturated carbocycles. The largest absolute Gasteiger partial charge is 0.294 e. The Balaban J connectivity index is 1.90. The van der Waals surface area contributed by atoms with Crippen molar-refractivity contribution in [2.75, 3.05) is 0 Å². The van der Waals surface area contributed by atoms with Gasteiger partial charge in [0.05, 0.1) is 5.57 Å². The number of carbonyl (C=O) groups is 2. The van der Waals surface area contributed by atoms with Crippen LogP contribution in [0.3, 0.4) is 0 Å². The number of carbonyl (C=O) groups excluding carboxylic acids is 2. The van der Waals surface area contributed by atoms with Gasteiger partial charge in [-0.05, 0) is 25.0 Å². The Morgan fingerprint density at radius 3 is 2.76 bits per heavy atom. The molecule has 1 aliphatic carbocycles. The van der Waals surface area contributed by atoms with Gasteiger partial charge in [0.15, 0.2) is 17.4 Å². The summed E-state index contributed by atoms with van der Waals surface area (Å²) >= 11 is 6.03. The number of pyridine rings is 1. The lowest BCUT2D eigenvalue weighted by molar-refractivity contribution is -0.115. The van der Waals surface area contributed by atoms with Crippen LogP contribution in [0.1, 0.15) is 29.6 Å². The van der Waals surface area contributed by atoms with Crippen molar-refractivity contribution in [3.05, 3.63) is 47.2 Å². The molecule has 6 nitrogen and oxygen atoms in total. The van der Waals surface area contributed by atoms with E-state index in [-0.39, 0.29) is 17.1 Å². The molecule has 0 radical (unpaired) electrons. The number of hydrogen-bond acceptors (Lipinski definition) is 5. The number of allylic oxidation sites excluding steroid dienone is 2. The molecule has 0 atom stereocenters. The molecular weight excluding hydrogens is 292 g/mol. The number of ketones is 2. The highest BCUT2D eigenvalue weighted by Crippen LogP contribution is 2.27. The average Bonchev–Trinajstić information content (AvgIpc) is 3.01. The number of rotatable bonds is 3. The van der Waals surface area contributed by atoms with E-state index in [4.69, 9.17) is 11.6 Å². The number of halogens is 1. The third-order valence-corrected chi connectivity index (χ3v) is 3.62. The van der Waals surface area contributed by atoms with Gasteiger partial charge in [0.2, 0.25) is 0 Å². The van der Waals surface area contributed by atoms with Crippen molar-refractivity contribution in [3.8, 4) is 5.82 Å². The fourth-order valence-electron chi connectivity index (χ4n) is 2.18. The van der Waals surface area contributed by atoms with Crippen LogP contribution in [0, 0.1) is 0 Å². The van der Waals surface area contributed by atoms with E-state index in [2.05, 4.69) is 15.1 Å². The summed E-state index contributed by atoms with van der Waals surface area (Å²) in [6, 6.07) is 3.25. The molecule has 0 N–H and O–H groups in total. The molecule has 0 fully saturated rings. The van der Waals surface area contributed by atoms with Gasteiger partial charge in [-0.25, -0.2) is 14.6 Å². The smallest absolute Gasteiger partial charge is 0.199 e. The maximum atomic E-state index is 12.4. The van der Waals surface area contributed by atoms with Gasteiger partial charge in [0.1, 0.15) is 12.7 Å². The van der Waals surface area contributed by atoms with Gasteiger partial charge in [-0.15, -0.1) is 0 Å². The maximum Gasteiger partial charge on any atom is 0.199 e. The van der Waals surface area contributed by atoms with E-state index in [1.807, 2.05) is 0 Å². The first kappa shape index (κ1) is 13.6. The number of nitrogens with zero attached hydrogens (tertiary/aromatic N) is 4. The van der Waals surface area contributed by atoms with Crippen LogP contribution in [0.25, 0.3) is 5.82 Å². The molecule has 1 aliphatic rings. The predicted octanol–water partition coefficient (Wildman–Crippen LogP) is 2.09. The molecule has 0 saturated heterocycles. The van der Waals surface area contributed by atoms with E-state index in [1.54, 1.807) is 12.1 Å². The van der Waals surface area contributed by atoms with Crippen LogP contribution in [0.15, 0.2) is 41.6 Å². The number of aromatic nitrogens is 4. The second-order valence-corrected chi connectivity index (χ2v) is 5.09. The van der Waals surface area contributed by atoms with Crippen molar-refractivity contribution >= 4 is 23.2 Å². The summed E-state index contributed by atoms with van der Waals surface area (Å²) in [5.41, 5.74) is 0.431. The van der Waals surface area contributed by atoms with E-state index < -0.39 is 0 Å². The van der Waals surface area contributed by atoms with E-state index in [1.165, 1.54) is 23.5 Å². The third-order valence-electron chi connectivity index (χ3n) is 3.24. The molecule has 0 unspecified atom stereocenters. The zero-order chi connectivity index (χ0) is 14.8. The lowest BCUT2D eigenvalue weighted by Gasteiger charge is -2.13. The summed E-state index contributed by atoms with van der Waals surface area (Å²) in [5.74, 6) is -0.0296. The molecular formula is C14H11ClN4O2. The van der Waals surface area contributed by atoms with Gasteiger partial charge in [0, 0.05) is 23.2 Å². The van der Waals surface area contributed by atoms with Crippen LogP contribution >= 0.6 is 11.6 Å². The lowest BCUT2D eigenvalue weighted by Crippen LogP contribution is -2.18. The molecule has 21 heavy (non-hydrogen) atoms. The molecule has 0 aromatic carbocycles. The van der Waals surface area contributed by atoms with Crippen LogP contribution in [-0.2, 0) is 4.79 Å². The van der Waals surface area contributed by atoms with Crippen molar-refractivity contribution in [1.82, 2.24) is 19.7 Å². The molecule has 0 aliphatic heterocycles. The quantitative estimate of drug-likeness (QED) is 0.641. The lowest BCUT2D eigenvalue weighted by atomic mass is 9.92. The summed E-state index contributed by atoms with van der Waals surface area (Å²) < 4.78 is 1.48. The Labute approximate surface area is 125 Å². The molecule has 3 rings (SSSR count). The highest BCUT2D eigenvalue weighted by molar-refractivity contribution is 6.39. The number of hydrogen-bond donors (Lipinski definition) is 0. The van der Waals surface area contributed by atoms with Crippen LogP contribution in [0.2, 0.25) is 0 Å². The van der Waals surface area contributed by atoms with Gasteiger partial charge in [-0.3, -0.25) is 9.59 Å². The van der Waals surface area contributed by atoms with Crippen molar-refractivity contribution < 1.29 is 9.59 Å². The fourth-order valence-corrected chi connectivity index (χ4v) is 2.51. The topological polar surface area (TPSA) is 77.7 Å². The monoisotopic (exact) mass is 302 g/mol. The minimum Gasteiger partial charge on any atom is -0.294 e. The van der Waals surface area contributed by atoms with Crippen molar-refractivity contribution in [2.45, 2.75) is 19.3 Å². The summed E-state index contributed by atoms with van der Waals surface area (Å²) in [4.78, 5) is 32.2. The van der Waals surface area contributed by atoms with E-state index >= 15 is 0 Å². The summed E-state index contributed by atoms with van der Waals surface area (Å²) in [6.45, 7) is 0. The second kappa shape index (κ2) is 5.57. The zero-order valence-electron chi connectivity index (χ0n) is 11.0. The van der Waals surface area contributed by atoms with E-state index in [0.717, 1.165) is 0 Å². The average molecular weight is 303 g/mol. The minimum absolute atomic E-state index is 0.0956. The molecule has 2 heterocycles. The highest BCUT2D eigenvalue weighted by atomic mass is 35.5. The SMILES string of the molecule is O=C1CCCC(Cl)=C1C(=O)c1ccc(-n2cncn2)nc1. The minimum atomic E-state index is -0.373. The summed E-state index contributed by atoms with van der Waals surface area (Å²) in [5, 5.41) is 4.29. The summed E-state index contributed by atoms with van der Waals surface area (Å²) in [6.07, 6.45) is 5.94. The maximum absolute atomic E-state index is 12.4. The normalized spacial score (nSPS) is 15.4. The molecule has 0 amide bonds. The second-order valence-electron chi connectivity index (χ2n) is 4.63. The Hall–Kier alpha value is -2.34. The molecule has 106 valence electrons. The molecule has 0 bridgehead atoms. The Morgan fingerprint density at radius 1 is 1.29 bits per heavy atom. The van der Waals surface area contributed by atoms with Crippen molar-refractivity contribution in [3.63, 3.8) is 0 Å².